The maximum absolute atomic E-state index is 12.1. The summed E-state index contributed by atoms with van der Waals surface area (Å²) in [5.74, 6) is 0. The molecule has 0 heterocycles. The molecule has 5 heteroatoms. The van der Waals surface area contributed by atoms with E-state index in [-0.39, 0.29) is 12.0 Å². The number of nitrogens with one attached hydrogen (secondary N) is 1. The fourth-order valence-electron chi connectivity index (χ4n) is 1.89. The summed E-state index contributed by atoms with van der Waals surface area (Å²) in [5.41, 5.74) is 0.0168. The van der Waals surface area contributed by atoms with Gasteiger partial charge in [-0.15, -0.1) is 0 Å². The Morgan fingerprint density at radius 2 is 1.82 bits per heavy atom. The van der Waals surface area contributed by atoms with Gasteiger partial charge in [0, 0.05) is 25.7 Å². The van der Waals surface area contributed by atoms with Crippen LogP contribution in [0.1, 0.15) is 33.1 Å². The highest BCUT2D eigenvalue weighted by molar-refractivity contribution is 4.85. The van der Waals surface area contributed by atoms with Crippen LogP contribution in [0.15, 0.2) is 0 Å². The Hall–Kier alpha value is -0.290. The normalized spacial score (nSPS) is 17.8. The van der Waals surface area contributed by atoms with Gasteiger partial charge in [0.1, 0.15) is 0 Å². The Labute approximate surface area is 102 Å². The van der Waals surface area contributed by atoms with Gasteiger partial charge in [-0.1, -0.05) is 13.8 Å². The summed E-state index contributed by atoms with van der Waals surface area (Å²) in [6.45, 7) is 5.81. The van der Waals surface area contributed by atoms with Crippen molar-refractivity contribution in [2.45, 2.75) is 45.3 Å². The van der Waals surface area contributed by atoms with Gasteiger partial charge in [-0.3, -0.25) is 0 Å². The van der Waals surface area contributed by atoms with Crippen LogP contribution in [0.4, 0.5) is 13.2 Å². The second kappa shape index (κ2) is 5.57. The molecule has 0 aromatic carbocycles. The molecular weight excluding hydrogens is 229 g/mol. The molecule has 0 spiro atoms. The van der Waals surface area contributed by atoms with Crippen molar-refractivity contribution in [3.63, 3.8) is 0 Å². The summed E-state index contributed by atoms with van der Waals surface area (Å²) in [6, 6.07) is 0.648. The lowest BCUT2D eigenvalue weighted by atomic mass is 9.92. The first-order valence-corrected chi connectivity index (χ1v) is 6.17. The number of rotatable bonds is 7. The van der Waals surface area contributed by atoms with Gasteiger partial charge in [0.15, 0.2) is 0 Å². The molecule has 1 fully saturated rings. The van der Waals surface area contributed by atoms with Gasteiger partial charge in [0.05, 0.1) is 6.42 Å². The molecule has 2 nitrogen and oxygen atoms in total. The van der Waals surface area contributed by atoms with Crippen molar-refractivity contribution in [1.29, 1.82) is 0 Å². The van der Waals surface area contributed by atoms with Gasteiger partial charge in [-0.2, -0.15) is 13.2 Å². The molecule has 0 atom stereocenters. The lowest BCUT2D eigenvalue weighted by Crippen LogP contribution is -2.40. The summed E-state index contributed by atoms with van der Waals surface area (Å²) >= 11 is 0. The van der Waals surface area contributed by atoms with Crippen LogP contribution in [0.3, 0.4) is 0 Å². The van der Waals surface area contributed by atoms with Gasteiger partial charge in [-0.25, -0.2) is 0 Å². The molecule has 0 aliphatic heterocycles. The van der Waals surface area contributed by atoms with Crippen LogP contribution < -0.4 is 5.32 Å². The predicted octanol–water partition coefficient (Wildman–Crippen LogP) is 2.65. The van der Waals surface area contributed by atoms with Crippen molar-refractivity contribution in [2.24, 2.45) is 5.41 Å². The van der Waals surface area contributed by atoms with Gasteiger partial charge in [-0.05, 0) is 25.3 Å². The van der Waals surface area contributed by atoms with Gasteiger partial charge in [0.2, 0.25) is 0 Å². The highest BCUT2D eigenvalue weighted by Gasteiger charge is 2.29. The smallest absolute Gasteiger partial charge is 0.313 e. The second-order valence-electron chi connectivity index (χ2n) is 5.92. The lowest BCUT2D eigenvalue weighted by Gasteiger charge is -2.31. The Kier molecular flexibility index (Phi) is 4.84. The molecule has 0 aromatic rings. The Morgan fingerprint density at radius 3 is 2.29 bits per heavy atom. The molecule has 17 heavy (non-hydrogen) atoms. The molecule has 0 saturated heterocycles. The van der Waals surface area contributed by atoms with Crippen LogP contribution in [-0.2, 0) is 0 Å². The summed E-state index contributed by atoms with van der Waals surface area (Å²) < 4.78 is 36.2. The van der Waals surface area contributed by atoms with Crippen LogP contribution in [0.25, 0.3) is 0 Å². The van der Waals surface area contributed by atoms with Gasteiger partial charge < -0.3 is 10.2 Å². The summed E-state index contributed by atoms with van der Waals surface area (Å²) in [7, 11) is 1.75. The van der Waals surface area contributed by atoms with E-state index in [2.05, 4.69) is 19.2 Å². The number of hydrogen-bond donors (Lipinski definition) is 1. The molecular formula is C12H23F3N2. The Morgan fingerprint density at radius 1 is 1.24 bits per heavy atom. The number of nitrogens with zero attached hydrogens (tertiary/aromatic N) is 1. The average molecular weight is 252 g/mol. The van der Waals surface area contributed by atoms with Crippen molar-refractivity contribution >= 4 is 0 Å². The van der Waals surface area contributed by atoms with Crippen molar-refractivity contribution < 1.29 is 13.2 Å². The third-order valence-corrected chi connectivity index (χ3v) is 2.92. The predicted molar refractivity (Wildman–Crippen MR) is 63.0 cm³/mol. The second-order valence-corrected chi connectivity index (χ2v) is 5.92. The fraction of sp³-hybridized carbons (Fsp3) is 1.00. The van der Waals surface area contributed by atoms with E-state index in [1.807, 2.05) is 0 Å². The van der Waals surface area contributed by atoms with Crippen LogP contribution in [0.5, 0.6) is 0 Å². The molecule has 1 aliphatic rings. The minimum atomic E-state index is -4.05. The van der Waals surface area contributed by atoms with E-state index in [0.717, 1.165) is 6.54 Å². The Balaban J connectivity index is 2.19. The third-order valence-electron chi connectivity index (χ3n) is 2.92. The average Bonchev–Trinajstić information content (AvgIpc) is 2.93. The molecule has 0 bridgehead atoms. The number of halogens is 3. The van der Waals surface area contributed by atoms with E-state index in [4.69, 9.17) is 0 Å². The molecule has 0 amide bonds. The maximum Gasteiger partial charge on any atom is 0.390 e. The molecule has 0 aromatic heterocycles. The van der Waals surface area contributed by atoms with E-state index in [1.165, 1.54) is 12.8 Å². The Bertz CT molecular complexity index is 234. The molecule has 1 N–H and O–H groups in total. The SMILES string of the molecule is CN(CCC(F)(F)F)CC(C)(C)CNC1CC1. The van der Waals surface area contributed by atoms with Gasteiger partial charge in [0.25, 0.3) is 0 Å². The largest absolute Gasteiger partial charge is 0.390 e. The first kappa shape index (κ1) is 14.8. The van der Waals surface area contributed by atoms with Crippen molar-refractivity contribution in [1.82, 2.24) is 10.2 Å². The third kappa shape index (κ3) is 7.60. The van der Waals surface area contributed by atoms with Crippen LogP contribution in [0.2, 0.25) is 0 Å². The lowest BCUT2D eigenvalue weighted by molar-refractivity contribution is -0.137. The maximum atomic E-state index is 12.1. The monoisotopic (exact) mass is 252 g/mol. The van der Waals surface area contributed by atoms with Crippen LogP contribution in [-0.4, -0.2) is 43.8 Å². The number of alkyl halides is 3. The standard InChI is InChI=1S/C12H23F3N2/c1-11(2,8-16-10-4-5-10)9-17(3)7-6-12(13,14)15/h10,16H,4-9H2,1-3H3. The molecule has 1 saturated carbocycles. The fourth-order valence-corrected chi connectivity index (χ4v) is 1.89. The number of hydrogen-bond acceptors (Lipinski definition) is 2. The van der Waals surface area contributed by atoms with Crippen molar-refractivity contribution in [3.8, 4) is 0 Å². The molecule has 1 aliphatic carbocycles. The van der Waals surface area contributed by atoms with E-state index in [0.29, 0.717) is 12.6 Å². The molecule has 0 unspecified atom stereocenters. The molecule has 0 radical (unpaired) electrons. The highest BCUT2D eigenvalue weighted by atomic mass is 19.4. The van der Waals surface area contributed by atoms with Gasteiger partial charge >= 0.3 is 6.18 Å². The zero-order valence-corrected chi connectivity index (χ0v) is 10.9. The van der Waals surface area contributed by atoms with E-state index in [1.54, 1.807) is 11.9 Å². The summed E-state index contributed by atoms with van der Waals surface area (Å²) in [6.07, 6.45) is -2.31. The summed E-state index contributed by atoms with van der Waals surface area (Å²) in [4.78, 5) is 1.77. The van der Waals surface area contributed by atoms with E-state index < -0.39 is 12.6 Å². The minimum absolute atomic E-state index is 0.0168. The van der Waals surface area contributed by atoms with Crippen LogP contribution >= 0.6 is 0 Å². The molecule has 1 rings (SSSR count). The highest BCUT2D eigenvalue weighted by Crippen LogP contribution is 2.23. The van der Waals surface area contributed by atoms with E-state index in [9.17, 15) is 13.2 Å². The topological polar surface area (TPSA) is 15.3 Å². The zero-order valence-electron chi connectivity index (χ0n) is 10.9. The van der Waals surface area contributed by atoms with Crippen molar-refractivity contribution in [3.05, 3.63) is 0 Å². The van der Waals surface area contributed by atoms with E-state index >= 15 is 0 Å². The van der Waals surface area contributed by atoms with Crippen LogP contribution in [0, 0.1) is 5.41 Å². The van der Waals surface area contributed by atoms with Crippen molar-refractivity contribution in [2.75, 3.05) is 26.7 Å². The quantitative estimate of drug-likeness (QED) is 0.749. The summed E-state index contributed by atoms with van der Waals surface area (Å²) in [5, 5.41) is 3.43. The molecule has 102 valence electrons. The first-order chi connectivity index (χ1) is 7.68. The first-order valence-electron chi connectivity index (χ1n) is 6.17. The zero-order chi connectivity index (χ0) is 13.1. The minimum Gasteiger partial charge on any atom is -0.313 e.